The van der Waals surface area contributed by atoms with Crippen LogP contribution in [0.5, 0.6) is 0 Å². The second-order valence-corrected chi connectivity index (χ2v) is 6.36. The number of likely N-dealkylation sites (N-methyl/N-ethyl adjacent to an activating group) is 1. The molecule has 1 fully saturated rings. The van der Waals surface area contributed by atoms with Gasteiger partial charge in [-0.05, 0) is 50.1 Å². The van der Waals surface area contributed by atoms with Crippen molar-refractivity contribution in [3.05, 3.63) is 36.4 Å². The van der Waals surface area contributed by atoms with Gasteiger partial charge >= 0.3 is 0 Å². The number of allylic oxidation sites excluding steroid dienone is 2. The van der Waals surface area contributed by atoms with Crippen LogP contribution in [0, 0.1) is 5.92 Å². The van der Waals surface area contributed by atoms with Crippen LogP contribution in [0.15, 0.2) is 36.4 Å². The number of benzene rings is 1. The number of rotatable bonds is 4. The molecule has 1 amide bonds. The standard InChI is InChI=1S/C18H25N3O/c1-20-10-12-21(13-11-20)17-8-6-16(7-9-17)19-18(22)14-15-4-2-3-5-15/h2,4,6-9,15H,3,5,10-14H2,1H3,(H,19,22)/t15-/m0/s1. The summed E-state index contributed by atoms with van der Waals surface area (Å²) in [4.78, 5) is 16.8. The van der Waals surface area contributed by atoms with Crippen LogP contribution in [0.25, 0.3) is 0 Å². The van der Waals surface area contributed by atoms with Gasteiger partial charge in [-0.2, -0.15) is 0 Å². The molecule has 1 aromatic rings. The van der Waals surface area contributed by atoms with E-state index in [1.165, 1.54) is 5.69 Å². The molecule has 4 nitrogen and oxygen atoms in total. The van der Waals surface area contributed by atoms with Crippen molar-refractivity contribution < 1.29 is 4.79 Å². The Bertz CT molecular complexity index is 530. The highest BCUT2D eigenvalue weighted by Crippen LogP contribution is 2.22. The number of piperazine rings is 1. The van der Waals surface area contributed by atoms with Crippen molar-refractivity contribution in [3.63, 3.8) is 0 Å². The Kier molecular flexibility index (Phi) is 4.78. The summed E-state index contributed by atoms with van der Waals surface area (Å²) in [7, 11) is 2.16. The van der Waals surface area contributed by atoms with Gasteiger partial charge in [-0.3, -0.25) is 4.79 Å². The molecule has 0 unspecified atom stereocenters. The monoisotopic (exact) mass is 299 g/mol. The number of hydrogen-bond acceptors (Lipinski definition) is 3. The molecule has 1 aliphatic carbocycles. The Morgan fingerprint density at radius 2 is 1.91 bits per heavy atom. The lowest BCUT2D eigenvalue weighted by atomic mass is 10.1. The maximum atomic E-state index is 12.0. The third kappa shape index (κ3) is 3.89. The lowest BCUT2D eigenvalue weighted by molar-refractivity contribution is -0.116. The quantitative estimate of drug-likeness (QED) is 0.868. The minimum absolute atomic E-state index is 0.115. The molecule has 0 spiro atoms. The number of hydrogen-bond donors (Lipinski definition) is 1. The van der Waals surface area contributed by atoms with Gasteiger partial charge in [-0.1, -0.05) is 12.2 Å². The Morgan fingerprint density at radius 1 is 1.18 bits per heavy atom. The highest BCUT2D eigenvalue weighted by molar-refractivity contribution is 5.91. The van der Waals surface area contributed by atoms with Gasteiger partial charge in [-0.25, -0.2) is 0 Å². The lowest BCUT2D eigenvalue weighted by Crippen LogP contribution is -2.44. The average molecular weight is 299 g/mol. The topological polar surface area (TPSA) is 35.6 Å². The summed E-state index contributed by atoms with van der Waals surface area (Å²) >= 11 is 0. The normalized spacial score (nSPS) is 22.0. The van der Waals surface area contributed by atoms with E-state index in [2.05, 4.69) is 46.4 Å². The Hall–Kier alpha value is -1.81. The molecule has 0 radical (unpaired) electrons. The molecule has 1 aromatic carbocycles. The summed E-state index contributed by atoms with van der Waals surface area (Å²) in [5, 5.41) is 3.01. The summed E-state index contributed by atoms with van der Waals surface area (Å²) in [6, 6.07) is 8.24. The van der Waals surface area contributed by atoms with Crippen molar-refractivity contribution in [1.82, 2.24) is 4.90 Å². The highest BCUT2D eigenvalue weighted by atomic mass is 16.1. The van der Waals surface area contributed by atoms with E-state index in [0.717, 1.165) is 44.7 Å². The Balaban J connectivity index is 1.52. The van der Waals surface area contributed by atoms with E-state index >= 15 is 0 Å². The van der Waals surface area contributed by atoms with Crippen LogP contribution in [0.3, 0.4) is 0 Å². The minimum Gasteiger partial charge on any atom is -0.369 e. The predicted molar refractivity (Wildman–Crippen MR) is 91.3 cm³/mol. The molecule has 1 heterocycles. The van der Waals surface area contributed by atoms with Crippen molar-refractivity contribution in [3.8, 4) is 0 Å². The van der Waals surface area contributed by atoms with Gasteiger partial charge in [0.2, 0.25) is 5.91 Å². The first-order chi connectivity index (χ1) is 10.7. The smallest absolute Gasteiger partial charge is 0.224 e. The fourth-order valence-corrected chi connectivity index (χ4v) is 3.14. The average Bonchev–Trinajstić information content (AvgIpc) is 3.02. The molecule has 1 atom stereocenters. The molecule has 0 bridgehead atoms. The fraction of sp³-hybridized carbons (Fsp3) is 0.500. The Morgan fingerprint density at radius 3 is 2.55 bits per heavy atom. The summed E-state index contributed by atoms with van der Waals surface area (Å²) in [6.45, 7) is 4.34. The van der Waals surface area contributed by atoms with Crippen molar-refractivity contribution >= 4 is 17.3 Å². The van der Waals surface area contributed by atoms with Crippen molar-refractivity contribution in [2.24, 2.45) is 5.92 Å². The van der Waals surface area contributed by atoms with Gasteiger partial charge in [0.05, 0.1) is 0 Å². The first-order valence-corrected chi connectivity index (χ1v) is 8.21. The van der Waals surface area contributed by atoms with Gasteiger partial charge in [0.25, 0.3) is 0 Å². The van der Waals surface area contributed by atoms with E-state index < -0.39 is 0 Å². The minimum atomic E-state index is 0.115. The van der Waals surface area contributed by atoms with Crippen LogP contribution in [-0.2, 0) is 4.79 Å². The van der Waals surface area contributed by atoms with Crippen LogP contribution in [0.1, 0.15) is 19.3 Å². The molecule has 0 saturated carbocycles. The van der Waals surface area contributed by atoms with Crippen LogP contribution in [0.2, 0.25) is 0 Å². The van der Waals surface area contributed by atoms with E-state index in [9.17, 15) is 4.79 Å². The summed E-state index contributed by atoms with van der Waals surface area (Å²) in [5.41, 5.74) is 2.13. The highest BCUT2D eigenvalue weighted by Gasteiger charge is 2.15. The zero-order valence-electron chi connectivity index (χ0n) is 13.3. The zero-order chi connectivity index (χ0) is 15.4. The largest absolute Gasteiger partial charge is 0.369 e. The second kappa shape index (κ2) is 6.97. The predicted octanol–water partition coefficient (Wildman–Crippen LogP) is 2.73. The first kappa shape index (κ1) is 15.1. The summed E-state index contributed by atoms with van der Waals surface area (Å²) < 4.78 is 0. The van der Waals surface area contributed by atoms with Crippen LogP contribution >= 0.6 is 0 Å². The zero-order valence-corrected chi connectivity index (χ0v) is 13.3. The number of carbonyl (C=O) groups is 1. The van der Waals surface area contributed by atoms with Gasteiger partial charge < -0.3 is 15.1 Å². The first-order valence-electron chi connectivity index (χ1n) is 8.21. The molecule has 3 rings (SSSR count). The molecule has 118 valence electrons. The van der Waals surface area contributed by atoms with E-state index in [4.69, 9.17) is 0 Å². The number of carbonyl (C=O) groups excluding carboxylic acids is 1. The van der Waals surface area contributed by atoms with Crippen molar-refractivity contribution in [2.45, 2.75) is 19.3 Å². The number of nitrogens with zero attached hydrogens (tertiary/aromatic N) is 2. The van der Waals surface area contributed by atoms with Gasteiger partial charge in [0, 0.05) is 44.0 Å². The molecular formula is C18H25N3O. The van der Waals surface area contributed by atoms with Crippen molar-refractivity contribution in [1.29, 1.82) is 0 Å². The molecule has 22 heavy (non-hydrogen) atoms. The van der Waals surface area contributed by atoms with Crippen molar-refractivity contribution in [2.75, 3.05) is 43.4 Å². The van der Waals surface area contributed by atoms with E-state index in [-0.39, 0.29) is 5.91 Å². The number of amides is 1. The molecular weight excluding hydrogens is 274 g/mol. The molecule has 1 N–H and O–H groups in total. The third-order valence-corrected chi connectivity index (χ3v) is 4.58. The molecule has 1 aliphatic heterocycles. The molecule has 4 heteroatoms. The van der Waals surface area contributed by atoms with Crippen LogP contribution in [-0.4, -0.2) is 44.0 Å². The number of nitrogens with one attached hydrogen (secondary N) is 1. The van der Waals surface area contributed by atoms with E-state index in [1.807, 2.05) is 12.1 Å². The molecule has 1 saturated heterocycles. The Labute approximate surface area is 132 Å². The second-order valence-electron chi connectivity index (χ2n) is 6.36. The van der Waals surface area contributed by atoms with Gasteiger partial charge in [0.15, 0.2) is 0 Å². The molecule has 2 aliphatic rings. The number of anilines is 2. The summed E-state index contributed by atoms with van der Waals surface area (Å²) in [5.74, 6) is 0.536. The van der Waals surface area contributed by atoms with Gasteiger partial charge in [0.1, 0.15) is 0 Å². The molecule has 0 aromatic heterocycles. The van der Waals surface area contributed by atoms with E-state index in [0.29, 0.717) is 12.3 Å². The maximum Gasteiger partial charge on any atom is 0.224 e. The van der Waals surface area contributed by atoms with Crippen LogP contribution in [0.4, 0.5) is 11.4 Å². The van der Waals surface area contributed by atoms with Crippen LogP contribution < -0.4 is 10.2 Å². The maximum absolute atomic E-state index is 12.0. The lowest BCUT2D eigenvalue weighted by Gasteiger charge is -2.34. The third-order valence-electron chi connectivity index (χ3n) is 4.58. The van der Waals surface area contributed by atoms with Gasteiger partial charge in [-0.15, -0.1) is 0 Å². The fourth-order valence-electron chi connectivity index (χ4n) is 3.14. The SMILES string of the molecule is CN1CCN(c2ccc(NC(=O)C[C@H]3C=CCC3)cc2)CC1. The summed E-state index contributed by atoms with van der Waals surface area (Å²) in [6.07, 6.45) is 7.14. The van der Waals surface area contributed by atoms with E-state index in [1.54, 1.807) is 0 Å².